The van der Waals surface area contributed by atoms with Crippen molar-refractivity contribution in [3.63, 3.8) is 0 Å². The van der Waals surface area contributed by atoms with E-state index >= 15 is 0 Å². The molecule has 0 unspecified atom stereocenters. The van der Waals surface area contributed by atoms with Gasteiger partial charge in [-0.2, -0.15) is 0 Å². The highest BCUT2D eigenvalue weighted by atomic mass is 32.2. The van der Waals surface area contributed by atoms with E-state index < -0.39 is 21.7 Å². The zero-order valence-corrected chi connectivity index (χ0v) is 15.5. The molecule has 0 spiro atoms. The number of hydrogen-bond donors (Lipinski definition) is 3. The molecule has 0 atom stereocenters. The molecule has 3 N–H and O–H groups in total. The van der Waals surface area contributed by atoms with Crippen LogP contribution in [0.25, 0.3) is 0 Å². The van der Waals surface area contributed by atoms with Gasteiger partial charge in [-0.3, -0.25) is 14.3 Å². The minimum absolute atomic E-state index is 0.102. The van der Waals surface area contributed by atoms with Gasteiger partial charge in [-0.15, -0.1) is 0 Å². The lowest BCUT2D eigenvalue weighted by molar-refractivity contribution is 0.102. The van der Waals surface area contributed by atoms with Crippen LogP contribution in [-0.2, 0) is 10.0 Å². The number of hydrogen-bond acceptors (Lipinski definition) is 4. The van der Waals surface area contributed by atoms with Gasteiger partial charge in [-0.05, 0) is 42.8 Å². The van der Waals surface area contributed by atoms with Crippen LogP contribution in [-0.4, -0.2) is 19.3 Å². The summed E-state index contributed by atoms with van der Waals surface area (Å²) >= 11 is 0. The van der Waals surface area contributed by atoms with Crippen molar-refractivity contribution < 1.29 is 17.6 Å². The summed E-state index contributed by atoms with van der Waals surface area (Å²) in [7, 11) is -4.08. The first-order valence-electron chi connectivity index (χ1n) is 8.14. The number of aromatic amines is 1. The molecular weight excluding hydrogens is 385 g/mol. The Morgan fingerprint density at radius 1 is 1.07 bits per heavy atom. The number of carbonyl (C=O) groups is 1. The second-order valence-electron chi connectivity index (χ2n) is 5.96. The number of halogens is 1. The fourth-order valence-electron chi connectivity index (χ4n) is 2.47. The molecule has 0 bridgehead atoms. The Balaban J connectivity index is 1.88. The van der Waals surface area contributed by atoms with Crippen LogP contribution < -0.4 is 15.6 Å². The number of nitrogens with one attached hydrogen (secondary N) is 3. The molecule has 9 heteroatoms. The molecule has 0 saturated heterocycles. The van der Waals surface area contributed by atoms with Gasteiger partial charge in [0.05, 0.1) is 16.1 Å². The standard InChI is InChI=1S/C19H16FN3O4S/c1-12-6-8-14(22-19(25)13-7-9-18(24)21-11-13)10-17(12)28(26,27)23-16-5-3-2-4-15(16)20/h2-11,23H,1H3,(H,21,24)(H,22,25). The van der Waals surface area contributed by atoms with Crippen LogP contribution in [0.4, 0.5) is 15.8 Å². The average molecular weight is 401 g/mol. The third-order valence-corrected chi connectivity index (χ3v) is 5.41. The molecular formula is C19H16FN3O4S. The fourth-order valence-corrected chi connectivity index (χ4v) is 3.81. The molecule has 1 amide bonds. The maximum atomic E-state index is 13.8. The Kier molecular flexibility index (Phi) is 5.27. The van der Waals surface area contributed by atoms with E-state index in [1.807, 2.05) is 0 Å². The second-order valence-corrected chi connectivity index (χ2v) is 7.61. The zero-order valence-electron chi connectivity index (χ0n) is 14.7. The number of pyridine rings is 1. The third kappa shape index (κ3) is 4.26. The quantitative estimate of drug-likeness (QED) is 0.611. The highest BCUT2D eigenvalue weighted by molar-refractivity contribution is 7.92. The summed E-state index contributed by atoms with van der Waals surface area (Å²) in [5, 5.41) is 2.57. The highest BCUT2D eigenvalue weighted by Gasteiger charge is 2.19. The molecule has 0 aliphatic heterocycles. The summed E-state index contributed by atoms with van der Waals surface area (Å²) in [5.41, 5.74) is 0.333. The molecule has 7 nitrogen and oxygen atoms in total. The Labute approximate surface area is 160 Å². The number of carbonyl (C=O) groups excluding carboxylic acids is 1. The molecule has 3 rings (SSSR count). The lowest BCUT2D eigenvalue weighted by Crippen LogP contribution is -2.17. The van der Waals surface area contributed by atoms with Gasteiger partial charge in [0, 0.05) is 18.0 Å². The minimum atomic E-state index is -4.08. The van der Waals surface area contributed by atoms with Gasteiger partial charge in [-0.25, -0.2) is 12.8 Å². The Morgan fingerprint density at radius 2 is 1.82 bits per heavy atom. The first kappa shape index (κ1) is 19.3. The SMILES string of the molecule is Cc1ccc(NC(=O)c2ccc(=O)[nH]c2)cc1S(=O)(=O)Nc1ccccc1F. The smallest absolute Gasteiger partial charge is 0.262 e. The number of H-pyrrole nitrogens is 1. The van der Waals surface area contributed by atoms with Crippen molar-refractivity contribution in [1.82, 2.24) is 4.98 Å². The third-order valence-electron chi connectivity index (χ3n) is 3.90. The molecule has 0 saturated carbocycles. The van der Waals surface area contributed by atoms with Crippen molar-refractivity contribution in [2.75, 3.05) is 10.0 Å². The molecule has 1 heterocycles. The molecule has 0 fully saturated rings. The largest absolute Gasteiger partial charge is 0.328 e. The molecule has 0 aliphatic carbocycles. The monoisotopic (exact) mass is 401 g/mol. The van der Waals surface area contributed by atoms with Gasteiger partial charge in [0.25, 0.3) is 15.9 Å². The van der Waals surface area contributed by atoms with Gasteiger partial charge in [0.1, 0.15) is 5.82 Å². The van der Waals surface area contributed by atoms with Crippen LogP contribution in [0.5, 0.6) is 0 Å². The van der Waals surface area contributed by atoms with Gasteiger partial charge >= 0.3 is 0 Å². The van der Waals surface area contributed by atoms with Crippen LogP contribution in [0, 0.1) is 12.7 Å². The van der Waals surface area contributed by atoms with Crippen molar-refractivity contribution >= 4 is 27.3 Å². The van der Waals surface area contributed by atoms with E-state index in [0.29, 0.717) is 5.56 Å². The molecule has 3 aromatic rings. The molecule has 0 radical (unpaired) electrons. The molecule has 28 heavy (non-hydrogen) atoms. The topological polar surface area (TPSA) is 108 Å². The van der Waals surface area contributed by atoms with E-state index in [1.54, 1.807) is 13.0 Å². The number of amides is 1. The van der Waals surface area contributed by atoms with Gasteiger partial charge < -0.3 is 10.3 Å². The van der Waals surface area contributed by atoms with Crippen LogP contribution in [0.15, 0.2) is 70.5 Å². The molecule has 0 aliphatic rings. The summed E-state index contributed by atoms with van der Waals surface area (Å²) in [4.78, 5) is 25.6. The lowest BCUT2D eigenvalue weighted by atomic mass is 10.2. The average Bonchev–Trinajstić information content (AvgIpc) is 2.65. The fraction of sp³-hybridized carbons (Fsp3) is 0.0526. The van der Waals surface area contributed by atoms with Gasteiger partial charge in [-0.1, -0.05) is 18.2 Å². The summed E-state index contributed by atoms with van der Waals surface area (Å²) in [5.74, 6) is -1.23. The van der Waals surface area contributed by atoms with Crippen molar-refractivity contribution in [2.24, 2.45) is 0 Å². The van der Waals surface area contributed by atoms with Crippen LogP contribution in [0.1, 0.15) is 15.9 Å². The normalized spacial score (nSPS) is 11.1. The highest BCUT2D eigenvalue weighted by Crippen LogP contribution is 2.24. The first-order valence-corrected chi connectivity index (χ1v) is 9.63. The van der Waals surface area contributed by atoms with Crippen molar-refractivity contribution in [3.05, 3.63) is 88.1 Å². The summed E-state index contributed by atoms with van der Waals surface area (Å²) < 4.78 is 41.4. The molecule has 1 aromatic heterocycles. The number of sulfonamides is 1. The predicted octanol–water partition coefficient (Wildman–Crippen LogP) is 2.88. The minimum Gasteiger partial charge on any atom is -0.328 e. The lowest BCUT2D eigenvalue weighted by Gasteiger charge is -2.13. The van der Waals surface area contributed by atoms with Crippen molar-refractivity contribution in [2.45, 2.75) is 11.8 Å². The molecule has 144 valence electrons. The zero-order chi connectivity index (χ0) is 20.3. The number of aryl methyl sites for hydroxylation is 1. The van der Waals surface area contributed by atoms with E-state index in [4.69, 9.17) is 0 Å². The van der Waals surface area contributed by atoms with E-state index in [-0.39, 0.29) is 27.4 Å². The summed E-state index contributed by atoms with van der Waals surface area (Å²) in [6, 6.07) is 12.3. The van der Waals surface area contributed by atoms with Crippen molar-refractivity contribution in [3.8, 4) is 0 Å². The maximum Gasteiger partial charge on any atom is 0.262 e. The Bertz CT molecular complexity index is 1190. The Hall–Kier alpha value is -3.46. The second kappa shape index (κ2) is 7.65. The number of para-hydroxylation sites is 1. The Morgan fingerprint density at radius 3 is 2.50 bits per heavy atom. The first-order chi connectivity index (χ1) is 13.3. The summed E-state index contributed by atoms with van der Waals surface area (Å²) in [6.07, 6.45) is 1.25. The maximum absolute atomic E-state index is 13.8. The number of anilines is 2. The van der Waals surface area contributed by atoms with Crippen molar-refractivity contribution in [1.29, 1.82) is 0 Å². The van der Waals surface area contributed by atoms with Crippen LogP contribution >= 0.6 is 0 Å². The predicted molar refractivity (Wildman–Crippen MR) is 103 cm³/mol. The number of aromatic nitrogens is 1. The molecule has 2 aromatic carbocycles. The van der Waals surface area contributed by atoms with E-state index in [2.05, 4.69) is 15.0 Å². The van der Waals surface area contributed by atoms with Crippen LogP contribution in [0.3, 0.4) is 0 Å². The van der Waals surface area contributed by atoms with Gasteiger partial charge in [0.15, 0.2) is 0 Å². The van der Waals surface area contributed by atoms with E-state index in [9.17, 15) is 22.4 Å². The summed E-state index contributed by atoms with van der Waals surface area (Å²) in [6.45, 7) is 1.59. The van der Waals surface area contributed by atoms with E-state index in [0.717, 1.165) is 6.07 Å². The van der Waals surface area contributed by atoms with E-state index in [1.165, 1.54) is 48.7 Å². The van der Waals surface area contributed by atoms with Crippen LogP contribution in [0.2, 0.25) is 0 Å². The number of benzene rings is 2. The number of rotatable bonds is 5. The van der Waals surface area contributed by atoms with Gasteiger partial charge in [0.2, 0.25) is 5.56 Å².